The summed E-state index contributed by atoms with van der Waals surface area (Å²) in [5.74, 6) is 1.54. The fraction of sp³-hybridized carbons (Fsp3) is 0.148. The maximum atomic E-state index is 13.4. The largest absolute Gasteiger partial charge is 0.490 e. The summed E-state index contributed by atoms with van der Waals surface area (Å²) in [6.07, 6.45) is 2.65. The Kier molecular flexibility index (Phi) is 6.58. The number of rotatable bonds is 6. The molecule has 0 bridgehead atoms. The van der Waals surface area contributed by atoms with Gasteiger partial charge in [0.25, 0.3) is 5.56 Å². The number of fused-ring (bicyclic) bond motifs is 2. The molecule has 0 saturated carbocycles. The van der Waals surface area contributed by atoms with E-state index in [-0.39, 0.29) is 11.7 Å². The van der Waals surface area contributed by atoms with Crippen LogP contribution in [-0.4, -0.2) is 22.0 Å². The van der Waals surface area contributed by atoms with Gasteiger partial charge in [-0.25, -0.2) is 4.98 Å². The second-order valence-electron chi connectivity index (χ2n) is 8.13. The molecule has 0 aliphatic heterocycles. The third-order valence-electron chi connectivity index (χ3n) is 5.63. The van der Waals surface area contributed by atoms with Crippen LogP contribution in [0.2, 0.25) is 0 Å². The average Bonchev–Trinajstić information content (AvgIpc) is 3.28. The molecule has 0 N–H and O–H groups in total. The van der Waals surface area contributed by atoms with Crippen molar-refractivity contribution in [3.8, 4) is 17.3 Å². The average molecular weight is 595 g/mol. The van der Waals surface area contributed by atoms with Crippen molar-refractivity contribution >= 4 is 59.9 Å². The molecule has 0 aliphatic rings. The highest BCUT2D eigenvalue weighted by Crippen LogP contribution is 2.30. The molecule has 3 aromatic carbocycles. The van der Waals surface area contributed by atoms with Crippen molar-refractivity contribution in [3.63, 3.8) is 0 Å². The van der Waals surface area contributed by atoms with E-state index in [4.69, 9.17) is 14.1 Å². The molecule has 8 heteroatoms. The van der Waals surface area contributed by atoms with Crippen LogP contribution in [0, 0.1) is 0 Å². The van der Waals surface area contributed by atoms with E-state index in [9.17, 15) is 4.79 Å². The Balaban J connectivity index is 1.61. The molecule has 0 unspecified atom stereocenters. The van der Waals surface area contributed by atoms with Crippen molar-refractivity contribution in [3.05, 3.63) is 91.6 Å². The molecule has 176 valence electrons. The van der Waals surface area contributed by atoms with Gasteiger partial charge in [0.1, 0.15) is 11.3 Å². The Hall–Kier alpha value is -3.23. The van der Waals surface area contributed by atoms with Gasteiger partial charge < -0.3 is 9.15 Å². The monoisotopic (exact) mass is 593 g/mol. The molecule has 6 nitrogen and oxygen atoms in total. The molecule has 0 fully saturated rings. The van der Waals surface area contributed by atoms with Gasteiger partial charge in [0.2, 0.25) is 5.82 Å². The van der Waals surface area contributed by atoms with Gasteiger partial charge in [-0.1, -0.05) is 35.0 Å². The lowest BCUT2D eigenvalue weighted by Gasteiger charge is -2.14. The van der Waals surface area contributed by atoms with Crippen LogP contribution in [0.4, 0.5) is 0 Å². The van der Waals surface area contributed by atoms with E-state index in [1.807, 2.05) is 61.5 Å². The first kappa shape index (κ1) is 23.5. The van der Waals surface area contributed by atoms with Crippen LogP contribution in [0.1, 0.15) is 25.8 Å². The van der Waals surface area contributed by atoms with E-state index in [1.54, 1.807) is 18.3 Å². The normalized spacial score (nSPS) is 12.6. The number of hydrogen-bond donors (Lipinski definition) is 0. The predicted octanol–water partition coefficient (Wildman–Crippen LogP) is 7.39. The van der Waals surface area contributed by atoms with Crippen molar-refractivity contribution in [2.24, 2.45) is 5.10 Å². The summed E-state index contributed by atoms with van der Waals surface area (Å²) in [4.78, 5) is 18.1. The van der Waals surface area contributed by atoms with Gasteiger partial charge in [0.15, 0.2) is 5.76 Å². The number of ether oxygens (including phenoxy) is 1. The van der Waals surface area contributed by atoms with Gasteiger partial charge >= 0.3 is 0 Å². The summed E-state index contributed by atoms with van der Waals surface area (Å²) in [7, 11) is 0. The molecule has 35 heavy (non-hydrogen) atoms. The molecule has 5 aromatic rings. The number of hydrogen-bond acceptors (Lipinski definition) is 5. The zero-order valence-corrected chi connectivity index (χ0v) is 22.2. The summed E-state index contributed by atoms with van der Waals surface area (Å²) in [6.45, 7) is 4.10. The van der Waals surface area contributed by atoms with Crippen molar-refractivity contribution in [1.29, 1.82) is 0 Å². The SMILES string of the molecule is CC[C@@H](C)Oc1ccc(C=Nn2c(-c3cc4cc(Br)ccc4o3)nc3ccccc3c2=O)cc1Br. The molecular weight excluding hydrogens is 574 g/mol. The van der Waals surface area contributed by atoms with Crippen LogP contribution in [0.3, 0.4) is 0 Å². The van der Waals surface area contributed by atoms with Crippen LogP contribution in [0.15, 0.2) is 90.0 Å². The lowest BCUT2D eigenvalue weighted by molar-refractivity contribution is 0.216. The second kappa shape index (κ2) is 9.79. The molecule has 1 atom stereocenters. The predicted molar refractivity (Wildman–Crippen MR) is 146 cm³/mol. The summed E-state index contributed by atoms with van der Waals surface area (Å²) in [5.41, 5.74) is 1.80. The standard InChI is InChI=1S/C27H21Br2N3O3/c1-3-16(2)34-24-10-8-17(12-21(24)29)15-30-32-26(31-22-7-5-4-6-20(22)27(32)33)25-14-18-13-19(28)9-11-23(18)35-25/h4-16H,3H2,1-2H3/t16-/m1/s1. The fourth-order valence-electron chi connectivity index (χ4n) is 3.63. The van der Waals surface area contributed by atoms with Crippen LogP contribution in [0.25, 0.3) is 33.5 Å². The van der Waals surface area contributed by atoms with E-state index in [0.29, 0.717) is 28.1 Å². The first-order valence-corrected chi connectivity index (χ1v) is 12.7. The Bertz CT molecular complexity index is 1640. The lowest BCUT2D eigenvalue weighted by Crippen LogP contribution is -2.20. The molecule has 0 aliphatic carbocycles. The zero-order valence-electron chi connectivity index (χ0n) is 19.0. The van der Waals surface area contributed by atoms with Gasteiger partial charge in [-0.2, -0.15) is 9.78 Å². The van der Waals surface area contributed by atoms with E-state index < -0.39 is 0 Å². The van der Waals surface area contributed by atoms with E-state index >= 15 is 0 Å². The van der Waals surface area contributed by atoms with Crippen LogP contribution < -0.4 is 10.3 Å². The highest BCUT2D eigenvalue weighted by atomic mass is 79.9. The van der Waals surface area contributed by atoms with Crippen LogP contribution in [0.5, 0.6) is 5.75 Å². The Morgan fingerprint density at radius 2 is 1.94 bits per heavy atom. The number of para-hydroxylation sites is 1. The Morgan fingerprint density at radius 3 is 2.74 bits per heavy atom. The van der Waals surface area contributed by atoms with Crippen LogP contribution in [-0.2, 0) is 0 Å². The highest BCUT2D eigenvalue weighted by molar-refractivity contribution is 9.10. The highest BCUT2D eigenvalue weighted by Gasteiger charge is 2.16. The first-order chi connectivity index (χ1) is 16.9. The molecule has 5 rings (SSSR count). The number of furan rings is 1. The van der Waals surface area contributed by atoms with E-state index in [1.165, 1.54) is 4.68 Å². The van der Waals surface area contributed by atoms with Crippen molar-refractivity contribution < 1.29 is 9.15 Å². The summed E-state index contributed by atoms with van der Waals surface area (Å²) >= 11 is 7.05. The van der Waals surface area contributed by atoms with Crippen molar-refractivity contribution in [1.82, 2.24) is 9.66 Å². The first-order valence-electron chi connectivity index (χ1n) is 11.1. The van der Waals surface area contributed by atoms with Crippen molar-refractivity contribution in [2.75, 3.05) is 0 Å². The molecule has 0 spiro atoms. The number of halogens is 2. The minimum absolute atomic E-state index is 0.111. The summed E-state index contributed by atoms with van der Waals surface area (Å²) in [5, 5.41) is 5.90. The van der Waals surface area contributed by atoms with Crippen molar-refractivity contribution in [2.45, 2.75) is 26.4 Å². The summed E-state index contributed by atoms with van der Waals surface area (Å²) < 4.78 is 15.0. The quantitative estimate of drug-likeness (QED) is 0.192. The van der Waals surface area contributed by atoms with Gasteiger partial charge in [-0.15, -0.1) is 0 Å². The molecule has 0 amide bonds. The van der Waals surface area contributed by atoms with Gasteiger partial charge in [0.05, 0.1) is 27.7 Å². The maximum absolute atomic E-state index is 13.4. The lowest BCUT2D eigenvalue weighted by atomic mass is 10.2. The smallest absolute Gasteiger partial charge is 0.282 e. The van der Waals surface area contributed by atoms with Gasteiger partial charge in [-0.05, 0) is 89.4 Å². The van der Waals surface area contributed by atoms with Crippen LogP contribution >= 0.6 is 31.9 Å². The van der Waals surface area contributed by atoms with E-state index in [0.717, 1.165) is 32.1 Å². The van der Waals surface area contributed by atoms with Gasteiger partial charge in [0, 0.05) is 9.86 Å². The number of benzene rings is 3. The van der Waals surface area contributed by atoms with E-state index in [2.05, 4.69) is 43.9 Å². The maximum Gasteiger partial charge on any atom is 0.282 e. The van der Waals surface area contributed by atoms with Gasteiger partial charge in [-0.3, -0.25) is 4.79 Å². The minimum atomic E-state index is -0.278. The molecular formula is C27H21Br2N3O3. The topological polar surface area (TPSA) is 69.6 Å². The summed E-state index contributed by atoms with van der Waals surface area (Å²) in [6, 6.07) is 20.5. The molecule has 2 heterocycles. The fourth-order valence-corrected chi connectivity index (χ4v) is 4.50. The Morgan fingerprint density at radius 1 is 1.11 bits per heavy atom. The molecule has 0 saturated heterocycles. The zero-order chi connectivity index (χ0) is 24.5. The minimum Gasteiger partial charge on any atom is -0.490 e. The second-order valence-corrected chi connectivity index (χ2v) is 9.90. The third-order valence-corrected chi connectivity index (χ3v) is 6.75. The molecule has 0 radical (unpaired) electrons. The number of nitrogens with zero attached hydrogens (tertiary/aromatic N) is 3. The third kappa shape index (κ3) is 4.81. The Labute approximate surface area is 218 Å². The molecule has 2 aromatic heterocycles. The number of aromatic nitrogens is 2.